The maximum absolute atomic E-state index is 13.5. The van der Waals surface area contributed by atoms with Gasteiger partial charge in [-0.1, -0.05) is 25.0 Å². The average molecular weight is 286 g/mol. The first-order valence-electron chi connectivity index (χ1n) is 5.85. The lowest BCUT2D eigenvalue weighted by Crippen LogP contribution is -2.24. The van der Waals surface area contributed by atoms with Crippen LogP contribution in [0.4, 0.5) is 4.39 Å². The fourth-order valence-electron chi connectivity index (χ4n) is 2.70. The molecule has 0 bridgehead atoms. The van der Waals surface area contributed by atoms with Gasteiger partial charge in [-0.3, -0.25) is 0 Å². The first-order chi connectivity index (χ1) is 7.74. The molecule has 1 saturated carbocycles. The monoisotopic (exact) mass is 285 g/mol. The zero-order chi connectivity index (χ0) is 11.5. The van der Waals surface area contributed by atoms with Gasteiger partial charge < -0.3 is 5.32 Å². The van der Waals surface area contributed by atoms with Gasteiger partial charge in [0.1, 0.15) is 5.82 Å². The first kappa shape index (κ1) is 12.1. The van der Waals surface area contributed by atoms with Gasteiger partial charge in [-0.2, -0.15) is 0 Å². The molecule has 0 heterocycles. The number of halogens is 2. The van der Waals surface area contributed by atoms with Crippen molar-refractivity contribution < 1.29 is 4.39 Å². The second-order valence-corrected chi connectivity index (χ2v) is 5.25. The van der Waals surface area contributed by atoms with Gasteiger partial charge in [0, 0.05) is 6.04 Å². The molecule has 1 aliphatic carbocycles. The highest BCUT2D eigenvalue weighted by Gasteiger charge is 2.26. The minimum Gasteiger partial charge on any atom is -0.313 e. The van der Waals surface area contributed by atoms with E-state index in [1.54, 1.807) is 6.07 Å². The van der Waals surface area contributed by atoms with Crippen molar-refractivity contribution in [1.29, 1.82) is 0 Å². The molecule has 1 aliphatic rings. The fourth-order valence-corrected chi connectivity index (χ4v) is 3.21. The van der Waals surface area contributed by atoms with Crippen molar-refractivity contribution in [3.63, 3.8) is 0 Å². The van der Waals surface area contributed by atoms with Crippen LogP contribution in [-0.4, -0.2) is 7.05 Å². The molecule has 16 heavy (non-hydrogen) atoms. The van der Waals surface area contributed by atoms with Gasteiger partial charge in [-0.05, 0) is 53.4 Å². The zero-order valence-corrected chi connectivity index (χ0v) is 11.1. The molecule has 1 atom stereocenters. The lowest BCUT2D eigenvalue weighted by atomic mass is 9.92. The molecule has 1 nitrogen and oxygen atoms in total. The van der Waals surface area contributed by atoms with E-state index in [0.29, 0.717) is 10.4 Å². The Hall–Kier alpha value is -0.410. The smallest absolute Gasteiger partial charge is 0.137 e. The maximum Gasteiger partial charge on any atom is 0.137 e. The van der Waals surface area contributed by atoms with Crippen LogP contribution in [-0.2, 0) is 0 Å². The van der Waals surface area contributed by atoms with Crippen LogP contribution in [0.2, 0.25) is 0 Å². The van der Waals surface area contributed by atoms with Gasteiger partial charge in [-0.25, -0.2) is 4.39 Å². The molecule has 88 valence electrons. The van der Waals surface area contributed by atoms with E-state index in [2.05, 4.69) is 21.2 Å². The Morgan fingerprint density at radius 2 is 2.06 bits per heavy atom. The van der Waals surface area contributed by atoms with Gasteiger partial charge in [0.25, 0.3) is 0 Å². The molecule has 0 spiro atoms. The minimum atomic E-state index is -0.171. The predicted octanol–water partition coefficient (Wildman–Crippen LogP) is 4.04. The van der Waals surface area contributed by atoms with E-state index in [1.807, 2.05) is 13.1 Å². The van der Waals surface area contributed by atoms with Crippen molar-refractivity contribution in [1.82, 2.24) is 5.32 Å². The molecule has 1 unspecified atom stereocenters. The Labute approximate surface area is 105 Å². The Bertz CT molecular complexity index is 361. The van der Waals surface area contributed by atoms with E-state index in [9.17, 15) is 4.39 Å². The van der Waals surface area contributed by atoms with Crippen LogP contribution in [0, 0.1) is 11.7 Å². The van der Waals surface area contributed by atoms with Crippen LogP contribution >= 0.6 is 15.9 Å². The maximum atomic E-state index is 13.5. The third-order valence-corrected chi connectivity index (χ3v) is 4.34. The Morgan fingerprint density at radius 3 is 2.69 bits per heavy atom. The standard InChI is InChI=1S/C13H17BrFN/c1-16-13(9-5-2-3-6-9)10-7-4-8-11(15)12(10)14/h4,7-9,13,16H,2-3,5-6H2,1H3. The number of benzene rings is 1. The van der Waals surface area contributed by atoms with Crippen LogP contribution in [0.15, 0.2) is 22.7 Å². The van der Waals surface area contributed by atoms with Crippen molar-refractivity contribution in [3.8, 4) is 0 Å². The Morgan fingerprint density at radius 1 is 1.38 bits per heavy atom. The van der Waals surface area contributed by atoms with Gasteiger partial charge in [0.15, 0.2) is 0 Å². The molecule has 1 fully saturated rings. The van der Waals surface area contributed by atoms with Gasteiger partial charge >= 0.3 is 0 Å². The molecule has 3 heteroatoms. The molecule has 0 amide bonds. The van der Waals surface area contributed by atoms with Gasteiger partial charge in [0.2, 0.25) is 0 Å². The first-order valence-corrected chi connectivity index (χ1v) is 6.64. The number of hydrogen-bond acceptors (Lipinski definition) is 1. The summed E-state index contributed by atoms with van der Waals surface area (Å²) in [5.41, 5.74) is 1.05. The van der Waals surface area contributed by atoms with E-state index in [4.69, 9.17) is 0 Å². The van der Waals surface area contributed by atoms with Crippen molar-refractivity contribution in [2.24, 2.45) is 5.92 Å². The Balaban J connectivity index is 2.28. The zero-order valence-electron chi connectivity index (χ0n) is 9.47. The topological polar surface area (TPSA) is 12.0 Å². The lowest BCUT2D eigenvalue weighted by molar-refractivity contribution is 0.387. The molecule has 1 aromatic carbocycles. The van der Waals surface area contributed by atoms with Gasteiger partial charge in [-0.15, -0.1) is 0 Å². The minimum absolute atomic E-state index is 0.171. The second-order valence-electron chi connectivity index (χ2n) is 4.45. The van der Waals surface area contributed by atoms with E-state index in [1.165, 1.54) is 31.7 Å². The molecule has 0 aliphatic heterocycles. The van der Waals surface area contributed by atoms with E-state index >= 15 is 0 Å². The Kier molecular flexibility index (Phi) is 3.98. The van der Waals surface area contributed by atoms with Crippen molar-refractivity contribution >= 4 is 15.9 Å². The van der Waals surface area contributed by atoms with E-state index in [0.717, 1.165) is 5.56 Å². The highest BCUT2D eigenvalue weighted by molar-refractivity contribution is 9.10. The number of nitrogens with one attached hydrogen (secondary N) is 1. The summed E-state index contributed by atoms with van der Waals surface area (Å²) in [6.45, 7) is 0. The summed E-state index contributed by atoms with van der Waals surface area (Å²) in [7, 11) is 1.96. The average Bonchev–Trinajstić information content (AvgIpc) is 2.79. The SMILES string of the molecule is CNC(c1cccc(F)c1Br)C1CCCC1. The van der Waals surface area contributed by atoms with Crippen LogP contribution in [0.1, 0.15) is 37.3 Å². The fraction of sp³-hybridized carbons (Fsp3) is 0.538. The quantitative estimate of drug-likeness (QED) is 0.884. The second kappa shape index (κ2) is 5.28. The molecule has 0 radical (unpaired) electrons. The highest BCUT2D eigenvalue weighted by Crippen LogP contribution is 2.38. The molecular weight excluding hydrogens is 269 g/mol. The largest absolute Gasteiger partial charge is 0.313 e. The summed E-state index contributed by atoms with van der Waals surface area (Å²) < 4.78 is 14.1. The van der Waals surface area contributed by atoms with Crippen LogP contribution < -0.4 is 5.32 Å². The third-order valence-electron chi connectivity index (χ3n) is 3.50. The molecular formula is C13H17BrFN. The molecule has 1 aromatic rings. The molecule has 2 rings (SSSR count). The predicted molar refractivity (Wildman–Crippen MR) is 67.9 cm³/mol. The lowest BCUT2D eigenvalue weighted by Gasteiger charge is -2.24. The summed E-state index contributed by atoms with van der Waals surface area (Å²) in [6, 6.07) is 5.56. The highest BCUT2D eigenvalue weighted by atomic mass is 79.9. The van der Waals surface area contributed by atoms with E-state index in [-0.39, 0.29) is 11.9 Å². The number of hydrogen-bond donors (Lipinski definition) is 1. The molecule has 0 saturated heterocycles. The number of rotatable bonds is 3. The summed E-state index contributed by atoms with van der Waals surface area (Å²) in [5, 5.41) is 3.33. The van der Waals surface area contributed by atoms with Crippen molar-refractivity contribution in [2.45, 2.75) is 31.7 Å². The summed E-state index contributed by atoms with van der Waals surface area (Å²) in [6.07, 6.45) is 5.09. The molecule has 1 N–H and O–H groups in total. The third kappa shape index (κ3) is 2.30. The molecule has 0 aromatic heterocycles. The van der Waals surface area contributed by atoms with Crippen molar-refractivity contribution in [3.05, 3.63) is 34.1 Å². The van der Waals surface area contributed by atoms with Crippen LogP contribution in [0.25, 0.3) is 0 Å². The van der Waals surface area contributed by atoms with Crippen LogP contribution in [0.5, 0.6) is 0 Å². The van der Waals surface area contributed by atoms with E-state index < -0.39 is 0 Å². The summed E-state index contributed by atoms with van der Waals surface area (Å²) in [4.78, 5) is 0. The van der Waals surface area contributed by atoms with Gasteiger partial charge in [0.05, 0.1) is 4.47 Å². The normalized spacial score (nSPS) is 18.9. The summed E-state index contributed by atoms with van der Waals surface area (Å²) >= 11 is 3.35. The van der Waals surface area contributed by atoms with Crippen LogP contribution in [0.3, 0.4) is 0 Å². The van der Waals surface area contributed by atoms with Crippen molar-refractivity contribution in [2.75, 3.05) is 7.05 Å². The summed E-state index contributed by atoms with van der Waals surface area (Å²) in [5.74, 6) is 0.471.